The van der Waals surface area contributed by atoms with Gasteiger partial charge in [-0.2, -0.15) is 0 Å². The largest absolute Gasteiger partial charge is 0.457 e. The van der Waals surface area contributed by atoms with Crippen molar-refractivity contribution in [3.05, 3.63) is 87.8 Å². The van der Waals surface area contributed by atoms with E-state index in [0.717, 1.165) is 18.4 Å². The Kier molecular flexibility index (Phi) is 6.39. The molecule has 6 rings (SSSR count). The van der Waals surface area contributed by atoms with Crippen LogP contribution < -0.4 is 21.9 Å². The quantitative estimate of drug-likeness (QED) is 0.243. The fourth-order valence-electron chi connectivity index (χ4n) is 5.59. The molecule has 2 heterocycles. The number of para-hydroxylation sites is 1. The van der Waals surface area contributed by atoms with E-state index in [0.29, 0.717) is 57.2 Å². The Morgan fingerprint density at radius 2 is 1.85 bits per heavy atom. The zero-order valence-corrected chi connectivity index (χ0v) is 22.3. The fraction of sp³-hybridized carbons (Fsp3) is 0.267. The number of carbonyl (C=O) groups excluding carboxylic acids is 2. The van der Waals surface area contributed by atoms with E-state index in [2.05, 4.69) is 0 Å². The van der Waals surface area contributed by atoms with Gasteiger partial charge in [0.25, 0.3) is 0 Å². The maximum atomic E-state index is 14.0. The maximum absolute atomic E-state index is 14.0. The van der Waals surface area contributed by atoms with E-state index in [1.54, 1.807) is 24.3 Å². The molecule has 0 saturated carbocycles. The SMILES string of the molecule is Cc1cc(Oc2ccccc2)ccc1C1(N)C(=O)C(N)c2c(C(=O)OC3CCCOC3)sc3c(N)ccc1c23. The highest BCUT2D eigenvalue weighted by molar-refractivity contribution is 7.21. The van der Waals surface area contributed by atoms with Gasteiger partial charge in [-0.1, -0.05) is 30.3 Å². The van der Waals surface area contributed by atoms with Crippen LogP contribution in [-0.4, -0.2) is 31.1 Å². The lowest BCUT2D eigenvalue weighted by Crippen LogP contribution is -2.52. The third-order valence-electron chi connectivity index (χ3n) is 7.49. The van der Waals surface area contributed by atoms with Gasteiger partial charge in [0.15, 0.2) is 5.78 Å². The molecule has 9 heteroatoms. The minimum atomic E-state index is -1.55. The summed E-state index contributed by atoms with van der Waals surface area (Å²) < 4.78 is 17.8. The van der Waals surface area contributed by atoms with Crippen molar-refractivity contribution in [2.24, 2.45) is 11.5 Å². The third kappa shape index (κ3) is 4.18. The number of ether oxygens (including phenoxy) is 3. The zero-order chi connectivity index (χ0) is 27.3. The standard InChI is InChI=1S/C30H29N3O5S/c1-16-14-18(37-17-6-3-2-4-7-17)9-10-20(16)30(33)21-11-12-22(31)26-23(21)24(25(32)28(30)34)27(39-26)29(35)38-19-8-5-13-36-15-19/h2-4,6-7,9-12,14,19,25H,5,8,13,15,31-33H2,1H3. The van der Waals surface area contributed by atoms with Crippen LogP contribution in [-0.2, 0) is 19.8 Å². The van der Waals surface area contributed by atoms with Crippen molar-refractivity contribution in [1.29, 1.82) is 0 Å². The first-order chi connectivity index (χ1) is 18.8. The summed E-state index contributed by atoms with van der Waals surface area (Å²) in [5, 5.41) is 0.644. The summed E-state index contributed by atoms with van der Waals surface area (Å²) in [6.45, 7) is 2.88. The second-order valence-electron chi connectivity index (χ2n) is 10.0. The van der Waals surface area contributed by atoms with Crippen LogP contribution in [0.15, 0.2) is 60.7 Å². The molecule has 3 unspecified atom stereocenters. The molecule has 0 spiro atoms. The number of hydrogen-bond acceptors (Lipinski definition) is 9. The number of rotatable bonds is 5. The molecule has 6 N–H and O–H groups in total. The Morgan fingerprint density at radius 1 is 1.08 bits per heavy atom. The second-order valence-corrected chi connectivity index (χ2v) is 11.1. The number of nitrogens with two attached hydrogens (primary N) is 3. The van der Waals surface area contributed by atoms with Crippen LogP contribution in [0.4, 0.5) is 5.69 Å². The average Bonchev–Trinajstić information content (AvgIpc) is 3.35. The summed E-state index contributed by atoms with van der Waals surface area (Å²) in [6.07, 6.45) is 1.19. The van der Waals surface area contributed by atoms with Gasteiger partial charge in [0, 0.05) is 23.2 Å². The van der Waals surface area contributed by atoms with E-state index < -0.39 is 23.3 Å². The number of ketones is 1. The minimum Gasteiger partial charge on any atom is -0.457 e. The molecule has 1 fully saturated rings. The van der Waals surface area contributed by atoms with Crippen molar-refractivity contribution in [2.45, 2.75) is 37.5 Å². The van der Waals surface area contributed by atoms with Crippen LogP contribution in [0.25, 0.3) is 10.1 Å². The molecule has 2 aliphatic rings. The van der Waals surface area contributed by atoms with Gasteiger partial charge in [0.2, 0.25) is 0 Å². The molecule has 0 bridgehead atoms. The van der Waals surface area contributed by atoms with Gasteiger partial charge >= 0.3 is 5.97 Å². The number of Topliss-reactive ketones (excluding diaryl/α,β-unsaturated/α-hetero) is 1. The Labute approximate surface area is 229 Å². The molecule has 1 saturated heterocycles. The number of benzene rings is 3. The number of anilines is 1. The van der Waals surface area contributed by atoms with Crippen LogP contribution >= 0.6 is 11.3 Å². The fourth-order valence-corrected chi connectivity index (χ4v) is 6.77. The first-order valence-electron chi connectivity index (χ1n) is 12.9. The van der Waals surface area contributed by atoms with E-state index in [4.69, 9.17) is 31.4 Å². The molecular weight excluding hydrogens is 514 g/mol. The summed E-state index contributed by atoms with van der Waals surface area (Å²) in [6, 6.07) is 17.2. The maximum Gasteiger partial charge on any atom is 0.349 e. The Hall–Kier alpha value is -3.76. The van der Waals surface area contributed by atoms with Gasteiger partial charge in [-0.05, 0) is 66.8 Å². The van der Waals surface area contributed by atoms with Gasteiger partial charge in [-0.25, -0.2) is 4.79 Å². The average molecular weight is 544 g/mol. The number of aryl methyl sites for hydroxylation is 1. The molecule has 39 heavy (non-hydrogen) atoms. The highest BCUT2D eigenvalue weighted by Crippen LogP contribution is 2.50. The van der Waals surface area contributed by atoms with Crippen LogP contribution in [0.5, 0.6) is 11.5 Å². The lowest BCUT2D eigenvalue weighted by Gasteiger charge is -2.37. The minimum absolute atomic E-state index is 0.279. The molecule has 3 aromatic carbocycles. The third-order valence-corrected chi connectivity index (χ3v) is 8.73. The van der Waals surface area contributed by atoms with E-state index in [9.17, 15) is 9.59 Å². The van der Waals surface area contributed by atoms with E-state index >= 15 is 0 Å². The number of hydrogen-bond donors (Lipinski definition) is 3. The van der Waals surface area contributed by atoms with E-state index in [1.165, 1.54) is 11.3 Å². The molecule has 200 valence electrons. The van der Waals surface area contributed by atoms with Gasteiger partial charge in [0.1, 0.15) is 28.0 Å². The van der Waals surface area contributed by atoms with Gasteiger partial charge in [-0.3, -0.25) is 4.79 Å². The predicted octanol–water partition coefficient (Wildman–Crippen LogP) is 4.70. The topological polar surface area (TPSA) is 140 Å². The predicted molar refractivity (Wildman–Crippen MR) is 150 cm³/mol. The molecule has 1 aliphatic heterocycles. The molecule has 0 radical (unpaired) electrons. The van der Waals surface area contributed by atoms with Crippen molar-refractivity contribution < 1.29 is 23.8 Å². The molecule has 0 amide bonds. The lowest BCUT2D eigenvalue weighted by atomic mass is 9.69. The van der Waals surface area contributed by atoms with Crippen molar-refractivity contribution in [3.63, 3.8) is 0 Å². The molecular formula is C30H29N3O5S. The monoisotopic (exact) mass is 543 g/mol. The smallest absolute Gasteiger partial charge is 0.349 e. The first kappa shape index (κ1) is 25.5. The summed E-state index contributed by atoms with van der Waals surface area (Å²) in [4.78, 5) is 27.6. The summed E-state index contributed by atoms with van der Waals surface area (Å²) in [5.41, 5.74) is 21.3. The molecule has 8 nitrogen and oxygen atoms in total. The number of esters is 1. The summed E-state index contributed by atoms with van der Waals surface area (Å²) >= 11 is 1.19. The van der Waals surface area contributed by atoms with Crippen LogP contribution in [0.1, 0.15) is 50.8 Å². The van der Waals surface area contributed by atoms with Crippen LogP contribution in [0.3, 0.4) is 0 Å². The molecule has 4 aromatic rings. The number of nitrogen functional groups attached to an aromatic ring is 1. The molecule has 3 atom stereocenters. The highest BCUT2D eigenvalue weighted by atomic mass is 32.1. The van der Waals surface area contributed by atoms with Crippen molar-refractivity contribution in [1.82, 2.24) is 0 Å². The Balaban J connectivity index is 1.44. The van der Waals surface area contributed by atoms with Crippen LogP contribution in [0.2, 0.25) is 0 Å². The summed E-state index contributed by atoms with van der Waals surface area (Å²) in [5.74, 6) is 0.381. The first-order valence-corrected chi connectivity index (χ1v) is 13.7. The molecule has 1 aliphatic carbocycles. The van der Waals surface area contributed by atoms with Crippen molar-refractivity contribution >= 4 is 38.9 Å². The van der Waals surface area contributed by atoms with Crippen molar-refractivity contribution in [2.75, 3.05) is 18.9 Å². The zero-order valence-electron chi connectivity index (χ0n) is 21.4. The van der Waals surface area contributed by atoms with Gasteiger partial charge in [-0.15, -0.1) is 11.3 Å². The highest BCUT2D eigenvalue weighted by Gasteiger charge is 2.49. The lowest BCUT2D eigenvalue weighted by molar-refractivity contribution is -0.124. The van der Waals surface area contributed by atoms with E-state index in [-0.39, 0.29) is 11.0 Å². The molecule has 1 aromatic heterocycles. The van der Waals surface area contributed by atoms with Crippen molar-refractivity contribution in [3.8, 4) is 11.5 Å². The van der Waals surface area contributed by atoms with Crippen LogP contribution in [0, 0.1) is 6.92 Å². The Morgan fingerprint density at radius 3 is 2.56 bits per heavy atom. The second kappa shape index (κ2) is 9.77. The number of carbonyl (C=O) groups is 2. The van der Waals surface area contributed by atoms with Gasteiger partial charge < -0.3 is 31.4 Å². The van der Waals surface area contributed by atoms with E-state index in [1.807, 2.05) is 43.3 Å². The Bertz CT molecular complexity index is 1600. The van der Waals surface area contributed by atoms with Gasteiger partial charge in [0.05, 0.1) is 17.3 Å². The number of thiophene rings is 1. The normalized spacial score (nSPS) is 22.6. The summed E-state index contributed by atoms with van der Waals surface area (Å²) in [7, 11) is 0.